The number of rotatable bonds is 5. The van der Waals surface area contributed by atoms with Crippen molar-refractivity contribution in [1.29, 1.82) is 0 Å². The largest absolute Gasteiger partial charge is 0.305 e. The number of likely N-dealkylation sites (N-methyl/N-ethyl adjacent to an activating group) is 1. The van der Waals surface area contributed by atoms with Gasteiger partial charge < -0.3 is 5.32 Å². The molecule has 2 N–H and O–H groups in total. The number of nitrogens with one attached hydrogen (secondary N) is 2. The van der Waals surface area contributed by atoms with Crippen LogP contribution in [-0.2, 0) is 4.79 Å². The summed E-state index contributed by atoms with van der Waals surface area (Å²) in [5.41, 5.74) is 2.90. The Hall–Kier alpha value is -0.260. The Morgan fingerprint density at radius 1 is 1.50 bits per heavy atom. The van der Waals surface area contributed by atoms with Gasteiger partial charge in [0.15, 0.2) is 0 Å². The molecule has 1 aliphatic heterocycles. The van der Waals surface area contributed by atoms with Crippen molar-refractivity contribution in [2.75, 3.05) is 25.4 Å². The molecule has 1 aliphatic rings. The summed E-state index contributed by atoms with van der Waals surface area (Å²) in [6.07, 6.45) is 2.35. The normalized spacial score (nSPS) is 19.6. The van der Waals surface area contributed by atoms with Gasteiger partial charge in [0, 0.05) is 18.8 Å². The average Bonchev–Trinajstić information content (AvgIpc) is 2.66. The van der Waals surface area contributed by atoms with Gasteiger partial charge in [0.2, 0.25) is 0 Å². The van der Waals surface area contributed by atoms with Crippen LogP contribution in [0.4, 0.5) is 0 Å². The summed E-state index contributed by atoms with van der Waals surface area (Å²) in [4.78, 5) is 11.7. The van der Waals surface area contributed by atoms with Gasteiger partial charge in [-0.3, -0.25) is 10.2 Å². The van der Waals surface area contributed by atoms with E-state index < -0.39 is 0 Å². The zero-order valence-corrected chi connectivity index (χ0v) is 9.52. The topological polar surface area (TPSA) is 44.4 Å². The molecule has 0 spiro atoms. The minimum atomic E-state index is -0.177. The molecule has 1 fully saturated rings. The molecule has 1 amide bonds. The van der Waals surface area contributed by atoms with E-state index in [1.807, 2.05) is 11.9 Å². The molecule has 1 atom stereocenters. The summed E-state index contributed by atoms with van der Waals surface area (Å²) in [7, 11) is 0. The van der Waals surface area contributed by atoms with Gasteiger partial charge in [0.1, 0.15) is 0 Å². The van der Waals surface area contributed by atoms with Crippen molar-refractivity contribution in [2.45, 2.75) is 25.8 Å². The molecule has 0 bridgehead atoms. The van der Waals surface area contributed by atoms with Crippen LogP contribution in [0, 0.1) is 0 Å². The van der Waals surface area contributed by atoms with Crippen LogP contribution in [0.3, 0.4) is 0 Å². The molecular weight excluding hydrogens is 198 g/mol. The molecule has 1 heterocycles. The molecule has 4 nitrogen and oxygen atoms in total. The van der Waals surface area contributed by atoms with Crippen LogP contribution >= 0.6 is 12.6 Å². The Morgan fingerprint density at radius 2 is 2.14 bits per heavy atom. The van der Waals surface area contributed by atoms with E-state index in [4.69, 9.17) is 0 Å². The van der Waals surface area contributed by atoms with Crippen LogP contribution in [0.25, 0.3) is 0 Å². The fraction of sp³-hybridized carbons (Fsp3) is 0.889. The maximum atomic E-state index is 11.7. The highest BCUT2D eigenvalue weighted by Gasteiger charge is 2.19. The highest BCUT2D eigenvalue weighted by molar-refractivity contribution is 7.80. The first kappa shape index (κ1) is 11.8. The lowest BCUT2D eigenvalue weighted by Crippen LogP contribution is -2.51. The van der Waals surface area contributed by atoms with Crippen molar-refractivity contribution in [3.63, 3.8) is 0 Å². The third-order valence-electron chi connectivity index (χ3n) is 2.32. The summed E-state index contributed by atoms with van der Waals surface area (Å²) < 4.78 is 0. The monoisotopic (exact) mass is 217 g/mol. The van der Waals surface area contributed by atoms with Gasteiger partial charge in [-0.15, -0.1) is 0 Å². The van der Waals surface area contributed by atoms with E-state index in [0.29, 0.717) is 5.75 Å². The Morgan fingerprint density at radius 3 is 2.64 bits per heavy atom. The fourth-order valence-corrected chi connectivity index (χ4v) is 1.84. The SMILES string of the molecule is CCN[C@@H](CS)C(=O)NN1CCCC1. The highest BCUT2D eigenvalue weighted by atomic mass is 32.1. The van der Waals surface area contributed by atoms with Gasteiger partial charge in [-0.25, -0.2) is 5.01 Å². The lowest BCUT2D eigenvalue weighted by atomic mass is 10.3. The Kier molecular flexibility index (Phi) is 5.29. The number of nitrogens with zero attached hydrogens (tertiary/aromatic N) is 1. The molecule has 0 saturated carbocycles. The fourth-order valence-electron chi connectivity index (χ4n) is 1.55. The Balaban J connectivity index is 2.30. The van der Waals surface area contributed by atoms with E-state index in [1.54, 1.807) is 0 Å². The van der Waals surface area contributed by atoms with Crippen LogP contribution in [0.5, 0.6) is 0 Å². The van der Waals surface area contributed by atoms with E-state index in [1.165, 1.54) is 12.8 Å². The van der Waals surface area contributed by atoms with Crippen molar-refractivity contribution in [1.82, 2.24) is 15.8 Å². The Labute approximate surface area is 90.8 Å². The molecule has 82 valence electrons. The molecule has 5 heteroatoms. The first-order valence-electron chi connectivity index (χ1n) is 5.17. The zero-order valence-electron chi connectivity index (χ0n) is 8.62. The maximum Gasteiger partial charge on any atom is 0.252 e. The van der Waals surface area contributed by atoms with E-state index in [0.717, 1.165) is 19.6 Å². The number of thiol groups is 1. The quantitative estimate of drug-likeness (QED) is 0.569. The smallest absolute Gasteiger partial charge is 0.252 e. The van der Waals surface area contributed by atoms with Crippen molar-refractivity contribution in [3.8, 4) is 0 Å². The predicted molar refractivity (Wildman–Crippen MR) is 60.3 cm³/mol. The lowest BCUT2D eigenvalue weighted by Gasteiger charge is -2.21. The number of carbonyl (C=O) groups excluding carboxylic acids is 1. The first-order chi connectivity index (χ1) is 6.77. The Bertz CT molecular complexity index is 183. The second kappa shape index (κ2) is 6.27. The number of hydrogen-bond acceptors (Lipinski definition) is 4. The lowest BCUT2D eigenvalue weighted by molar-refractivity contribution is -0.127. The number of hydrazine groups is 1. The number of amides is 1. The summed E-state index contributed by atoms with van der Waals surface area (Å²) in [5, 5.41) is 5.07. The van der Waals surface area contributed by atoms with E-state index in [-0.39, 0.29) is 11.9 Å². The second-order valence-corrected chi connectivity index (χ2v) is 3.83. The van der Waals surface area contributed by atoms with Crippen LogP contribution in [0.2, 0.25) is 0 Å². The van der Waals surface area contributed by atoms with Crippen LogP contribution < -0.4 is 10.7 Å². The minimum absolute atomic E-state index is 0.0313. The molecule has 0 aromatic rings. The highest BCUT2D eigenvalue weighted by Crippen LogP contribution is 2.03. The zero-order chi connectivity index (χ0) is 10.4. The standard InChI is InChI=1S/C9H19N3OS/c1-2-10-8(7-14)9(13)11-12-5-3-4-6-12/h8,10,14H,2-7H2,1H3,(H,11,13)/t8-/m0/s1. The van der Waals surface area contributed by atoms with Gasteiger partial charge in [0.05, 0.1) is 6.04 Å². The van der Waals surface area contributed by atoms with E-state index in [9.17, 15) is 4.79 Å². The summed E-state index contributed by atoms with van der Waals surface area (Å²) in [6, 6.07) is -0.177. The summed E-state index contributed by atoms with van der Waals surface area (Å²) in [6.45, 7) is 4.71. The third-order valence-corrected chi connectivity index (χ3v) is 2.69. The molecule has 0 radical (unpaired) electrons. The predicted octanol–water partition coefficient (Wildman–Crippen LogP) is 0.0213. The van der Waals surface area contributed by atoms with Crippen LogP contribution in [0.15, 0.2) is 0 Å². The second-order valence-electron chi connectivity index (χ2n) is 3.46. The van der Waals surface area contributed by atoms with Gasteiger partial charge in [-0.2, -0.15) is 12.6 Å². The van der Waals surface area contributed by atoms with Gasteiger partial charge >= 0.3 is 0 Å². The van der Waals surface area contributed by atoms with Crippen LogP contribution in [-0.4, -0.2) is 42.3 Å². The molecule has 1 saturated heterocycles. The van der Waals surface area contributed by atoms with Gasteiger partial charge in [0.25, 0.3) is 5.91 Å². The van der Waals surface area contributed by atoms with Gasteiger partial charge in [-0.05, 0) is 19.4 Å². The molecule has 0 aromatic heterocycles. The average molecular weight is 217 g/mol. The number of carbonyl (C=O) groups is 1. The third kappa shape index (κ3) is 3.48. The molecule has 1 rings (SSSR count). The molecular formula is C9H19N3OS. The number of hydrogen-bond donors (Lipinski definition) is 3. The van der Waals surface area contributed by atoms with Gasteiger partial charge in [-0.1, -0.05) is 6.92 Å². The van der Waals surface area contributed by atoms with E-state index >= 15 is 0 Å². The maximum absolute atomic E-state index is 11.7. The van der Waals surface area contributed by atoms with Crippen molar-refractivity contribution in [2.24, 2.45) is 0 Å². The first-order valence-corrected chi connectivity index (χ1v) is 5.81. The molecule has 0 aliphatic carbocycles. The summed E-state index contributed by atoms with van der Waals surface area (Å²) >= 11 is 4.14. The summed E-state index contributed by atoms with van der Waals surface area (Å²) in [5.74, 6) is 0.566. The van der Waals surface area contributed by atoms with Crippen molar-refractivity contribution in [3.05, 3.63) is 0 Å². The van der Waals surface area contributed by atoms with Crippen molar-refractivity contribution < 1.29 is 4.79 Å². The van der Waals surface area contributed by atoms with E-state index in [2.05, 4.69) is 23.4 Å². The van der Waals surface area contributed by atoms with Crippen molar-refractivity contribution >= 4 is 18.5 Å². The minimum Gasteiger partial charge on any atom is -0.305 e. The molecule has 14 heavy (non-hydrogen) atoms. The molecule has 0 unspecified atom stereocenters. The molecule has 0 aromatic carbocycles. The van der Waals surface area contributed by atoms with Crippen LogP contribution in [0.1, 0.15) is 19.8 Å².